The van der Waals surface area contributed by atoms with Crippen molar-refractivity contribution in [3.05, 3.63) is 23.8 Å². The van der Waals surface area contributed by atoms with Crippen molar-refractivity contribution in [2.45, 2.75) is 31.0 Å². The van der Waals surface area contributed by atoms with Gasteiger partial charge >= 0.3 is 6.18 Å². The second-order valence-corrected chi connectivity index (χ2v) is 5.20. The summed E-state index contributed by atoms with van der Waals surface area (Å²) in [5, 5.41) is 2.53. The van der Waals surface area contributed by atoms with Gasteiger partial charge in [-0.3, -0.25) is 4.79 Å². The number of amides is 1. The third-order valence-electron chi connectivity index (χ3n) is 2.20. The zero-order valence-corrected chi connectivity index (χ0v) is 11.4. The minimum Gasteiger partial charge on any atom is -0.324 e. The zero-order valence-electron chi connectivity index (χ0n) is 10.5. The van der Waals surface area contributed by atoms with Crippen molar-refractivity contribution in [3.8, 4) is 0 Å². The molecule has 0 saturated carbocycles. The van der Waals surface area contributed by atoms with Crippen LogP contribution < -0.4 is 11.1 Å². The Labute approximate surface area is 113 Å². The average molecular weight is 292 g/mol. The highest BCUT2D eigenvalue weighted by molar-refractivity contribution is 7.99. The van der Waals surface area contributed by atoms with E-state index in [2.05, 4.69) is 5.32 Å². The molecule has 0 spiro atoms. The number of carbonyl (C=O) groups is 1. The molecule has 3 N–H and O–H groups in total. The molecule has 0 fully saturated rings. The van der Waals surface area contributed by atoms with Crippen LogP contribution >= 0.6 is 11.8 Å². The first-order chi connectivity index (χ1) is 8.69. The summed E-state index contributed by atoms with van der Waals surface area (Å²) in [5.41, 5.74) is 6.62. The van der Waals surface area contributed by atoms with Gasteiger partial charge in [-0.2, -0.15) is 13.2 Å². The second-order valence-electron chi connectivity index (χ2n) is 4.18. The Balaban J connectivity index is 2.88. The predicted octanol–water partition coefficient (Wildman–Crippen LogP) is 2.94. The van der Waals surface area contributed by atoms with E-state index < -0.39 is 23.9 Å². The van der Waals surface area contributed by atoms with E-state index in [9.17, 15) is 18.0 Å². The summed E-state index contributed by atoms with van der Waals surface area (Å²) in [7, 11) is 0. The van der Waals surface area contributed by atoms with Gasteiger partial charge in [0.2, 0.25) is 5.91 Å². The fourth-order valence-electron chi connectivity index (χ4n) is 1.27. The number of aryl methyl sites for hydroxylation is 1. The molecule has 1 aromatic carbocycles. The molecule has 1 aromatic rings. The van der Waals surface area contributed by atoms with Crippen LogP contribution in [-0.4, -0.2) is 23.9 Å². The number of hydrogen-bond donors (Lipinski definition) is 2. The topological polar surface area (TPSA) is 55.1 Å². The fourth-order valence-corrected chi connectivity index (χ4v) is 2.02. The van der Waals surface area contributed by atoms with E-state index in [0.717, 1.165) is 5.56 Å². The van der Waals surface area contributed by atoms with Crippen molar-refractivity contribution < 1.29 is 18.0 Å². The molecule has 1 atom stereocenters. The number of rotatable bonds is 4. The largest absolute Gasteiger partial charge is 0.398 e. The number of thioether (sulfide) groups is 1. The summed E-state index contributed by atoms with van der Waals surface area (Å²) in [6.07, 6.45) is -4.25. The number of hydrogen-bond acceptors (Lipinski definition) is 3. The number of alkyl halides is 3. The smallest absolute Gasteiger partial charge is 0.324 e. The van der Waals surface area contributed by atoms with Crippen molar-refractivity contribution >= 4 is 23.4 Å². The lowest BCUT2D eigenvalue weighted by Crippen LogP contribution is -2.32. The van der Waals surface area contributed by atoms with E-state index in [-0.39, 0.29) is 0 Å². The van der Waals surface area contributed by atoms with E-state index in [1.807, 2.05) is 0 Å². The molecule has 0 unspecified atom stereocenters. The summed E-state index contributed by atoms with van der Waals surface area (Å²) >= 11 is 0.636. The van der Waals surface area contributed by atoms with Gasteiger partial charge < -0.3 is 11.1 Å². The lowest BCUT2D eigenvalue weighted by Gasteiger charge is -2.14. The number of halogens is 3. The van der Waals surface area contributed by atoms with Gasteiger partial charge in [-0.05, 0) is 31.5 Å². The van der Waals surface area contributed by atoms with Crippen molar-refractivity contribution in [2.24, 2.45) is 5.73 Å². The third-order valence-corrected chi connectivity index (χ3v) is 3.34. The van der Waals surface area contributed by atoms with E-state index in [1.165, 1.54) is 6.92 Å². The summed E-state index contributed by atoms with van der Waals surface area (Å²) in [5.74, 6) is -1.43. The van der Waals surface area contributed by atoms with Crippen molar-refractivity contribution in [1.82, 2.24) is 0 Å². The molecule has 0 aromatic heterocycles. The van der Waals surface area contributed by atoms with Crippen LogP contribution in [0.5, 0.6) is 0 Å². The molecule has 106 valence electrons. The highest BCUT2D eigenvalue weighted by Crippen LogP contribution is 2.32. The lowest BCUT2D eigenvalue weighted by molar-refractivity contribution is -0.117. The Kier molecular flexibility index (Phi) is 5.25. The lowest BCUT2D eigenvalue weighted by atomic mass is 10.2. The average Bonchev–Trinajstić information content (AvgIpc) is 2.26. The molecule has 0 bridgehead atoms. The summed E-state index contributed by atoms with van der Waals surface area (Å²) in [4.78, 5) is 11.9. The van der Waals surface area contributed by atoms with Gasteiger partial charge in [-0.25, -0.2) is 0 Å². The molecule has 0 heterocycles. The molecular weight excluding hydrogens is 277 g/mol. The Hall–Kier alpha value is -1.21. The van der Waals surface area contributed by atoms with Crippen LogP contribution in [0.3, 0.4) is 0 Å². The molecule has 1 rings (SSSR count). The maximum atomic E-state index is 12.2. The molecule has 0 aliphatic rings. The first kappa shape index (κ1) is 15.8. The summed E-state index contributed by atoms with van der Waals surface area (Å²) < 4.78 is 36.6. The van der Waals surface area contributed by atoms with Crippen LogP contribution in [-0.2, 0) is 4.79 Å². The third kappa shape index (κ3) is 5.52. The van der Waals surface area contributed by atoms with Crippen molar-refractivity contribution in [2.75, 3.05) is 11.1 Å². The SMILES string of the molecule is Cc1ccc(SCC(F)(F)F)c(NC(=O)[C@H](C)N)c1. The molecule has 3 nitrogen and oxygen atoms in total. The van der Waals surface area contributed by atoms with Gasteiger partial charge in [-0.1, -0.05) is 6.07 Å². The van der Waals surface area contributed by atoms with E-state index in [1.54, 1.807) is 25.1 Å². The highest BCUT2D eigenvalue weighted by atomic mass is 32.2. The van der Waals surface area contributed by atoms with Gasteiger partial charge in [0.05, 0.1) is 17.5 Å². The summed E-state index contributed by atoms with van der Waals surface area (Å²) in [6.45, 7) is 3.30. The predicted molar refractivity (Wildman–Crippen MR) is 70.2 cm³/mol. The van der Waals surface area contributed by atoms with E-state index >= 15 is 0 Å². The highest BCUT2D eigenvalue weighted by Gasteiger charge is 2.27. The number of benzene rings is 1. The van der Waals surface area contributed by atoms with Gasteiger partial charge in [0, 0.05) is 4.90 Å². The molecule has 19 heavy (non-hydrogen) atoms. The quantitative estimate of drug-likeness (QED) is 0.839. The number of nitrogens with two attached hydrogens (primary N) is 1. The molecule has 1 amide bonds. The maximum absolute atomic E-state index is 12.2. The Bertz CT molecular complexity index is 461. The molecule has 0 radical (unpaired) electrons. The van der Waals surface area contributed by atoms with Gasteiger partial charge in [0.1, 0.15) is 0 Å². The fraction of sp³-hybridized carbons (Fsp3) is 0.417. The minimum atomic E-state index is -4.25. The number of anilines is 1. The minimum absolute atomic E-state index is 0.358. The Morgan fingerprint density at radius 2 is 2.11 bits per heavy atom. The van der Waals surface area contributed by atoms with Crippen LogP contribution in [0.1, 0.15) is 12.5 Å². The van der Waals surface area contributed by atoms with Gasteiger partial charge in [-0.15, -0.1) is 11.8 Å². The molecule has 0 aliphatic carbocycles. The van der Waals surface area contributed by atoms with Gasteiger partial charge in [0.25, 0.3) is 0 Å². The monoisotopic (exact) mass is 292 g/mol. The molecular formula is C12H15F3N2OS. The number of nitrogens with one attached hydrogen (secondary N) is 1. The first-order valence-electron chi connectivity index (χ1n) is 5.55. The first-order valence-corrected chi connectivity index (χ1v) is 6.54. The standard InChI is InChI=1S/C12H15F3N2OS/c1-7-3-4-10(19-6-12(13,14)15)9(5-7)17-11(18)8(2)16/h3-5,8H,6,16H2,1-2H3,(H,17,18)/t8-/m0/s1. The van der Waals surface area contributed by atoms with Crippen LogP contribution in [0.4, 0.5) is 18.9 Å². The van der Waals surface area contributed by atoms with Crippen LogP contribution in [0.2, 0.25) is 0 Å². The second kappa shape index (κ2) is 6.29. The van der Waals surface area contributed by atoms with Crippen LogP contribution in [0, 0.1) is 6.92 Å². The molecule has 0 saturated heterocycles. The molecule has 0 aliphatic heterocycles. The van der Waals surface area contributed by atoms with Crippen molar-refractivity contribution in [3.63, 3.8) is 0 Å². The number of carbonyl (C=O) groups excluding carboxylic acids is 1. The maximum Gasteiger partial charge on any atom is 0.398 e. The Morgan fingerprint density at radius 3 is 2.63 bits per heavy atom. The molecule has 7 heteroatoms. The zero-order chi connectivity index (χ0) is 14.6. The van der Waals surface area contributed by atoms with E-state index in [4.69, 9.17) is 5.73 Å². The van der Waals surface area contributed by atoms with Gasteiger partial charge in [0.15, 0.2) is 0 Å². The van der Waals surface area contributed by atoms with Crippen molar-refractivity contribution in [1.29, 1.82) is 0 Å². The Morgan fingerprint density at radius 1 is 1.47 bits per heavy atom. The van der Waals surface area contributed by atoms with Crippen LogP contribution in [0.25, 0.3) is 0 Å². The van der Waals surface area contributed by atoms with E-state index in [0.29, 0.717) is 22.3 Å². The van der Waals surface area contributed by atoms with Crippen LogP contribution in [0.15, 0.2) is 23.1 Å². The normalized spacial score (nSPS) is 13.2. The summed E-state index contributed by atoms with van der Waals surface area (Å²) in [6, 6.07) is 4.16.